The SMILES string of the molecule is CCOc1ccc(NC2=C(c3ccccc3)C(=O)N(CCCOC(C)C)C2=O)cc1. The molecule has 0 saturated carbocycles. The predicted octanol–water partition coefficient (Wildman–Crippen LogP) is 4.09. The number of nitrogens with one attached hydrogen (secondary N) is 1. The third kappa shape index (κ3) is 5.07. The molecule has 0 spiro atoms. The van der Waals surface area contributed by atoms with E-state index in [1.54, 1.807) is 0 Å². The molecule has 2 aromatic rings. The van der Waals surface area contributed by atoms with E-state index in [0.29, 0.717) is 48.7 Å². The largest absolute Gasteiger partial charge is 0.494 e. The van der Waals surface area contributed by atoms with Gasteiger partial charge in [-0.1, -0.05) is 30.3 Å². The Kier molecular flexibility index (Phi) is 7.25. The zero-order valence-corrected chi connectivity index (χ0v) is 17.7. The number of carbonyl (C=O) groups excluding carboxylic acids is 2. The summed E-state index contributed by atoms with van der Waals surface area (Å²) in [6.45, 7) is 7.23. The fraction of sp³-hybridized carbons (Fsp3) is 0.333. The Morgan fingerprint density at radius 2 is 1.67 bits per heavy atom. The maximum Gasteiger partial charge on any atom is 0.278 e. The summed E-state index contributed by atoms with van der Waals surface area (Å²) in [6, 6.07) is 16.6. The minimum Gasteiger partial charge on any atom is -0.494 e. The minimum atomic E-state index is -0.322. The predicted molar refractivity (Wildman–Crippen MR) is 117 cm³/mol. The Bertz CT molecular complexity index is 905. The molecule has 2 amide bonds. The van der Waals surface area contributed by atoms with E-state index in [1.165, 1.54) is 4.90 Å². The molecule has 1 aliphatic heterocycles. The summed E-state index contributed by atoms with van der Waals surface area (Å²) in [5, 5.41) is 3.16. The molecule has 6 nitrogen and oxygen atoms in total. The van der Waals surface area contributed by atoms with Crippen LogP contribution >= 0.6 is 0 Å². The van der Waals surface area contributed by atoms with Crippen molar-refractivity contribution < 1.29 is 19.1 Å². The smallest absolute Gasteiger partial charge is 0.278 e. The number of amides is 2. The van der Waals surface area contributed by atoms with Crippen molar-refractivity contribution in [3.05, 3.63) is 65.9 Å². The van der Waals surface area contributed by atoms with Crippen molar-refractivity contribution in [1.29, 1.82) is 0 Å². The first-order chi connectivity index (χ1) is 14.5. The zero-order chi connectivity index (χ0) is 21.5. The zero-order valence-electron chi connectivity index (χ0n) is 17.7. The van der Waals surface area contributed by atoms with Crippen molar-refractivity contribution in [3.8, 4) is 5.75 Å². The maximum atomic E-state index is 13.1. The summed E-state index contributed by atoms with van der Waals surface area (Å²) in [5.74, 6) is 0.141. The molecule has 0 saturated heterocycles. The molecule has 1 N–H and O–H groups in total. The number of hydrogen-bond acceptors (Lipinski definition) is 5. The second-order valence-electron chi connectivity index (χ2n) is 7.23. The molecule has 2 aromatic carbocycles. The third-order valence-electron chi connectivity index (χ3n) is 4.64. The molecule has 158 valence electrons. The molecule has 0 aliphatic carbocycles. The van der Waals surface area contributed by atoms with Crippen LogP contribution in [0.1, 0.15) is 32.8 Å². The summed E-state index contributed by atoms with van der Waals surface area (Å²) in [5.41, 5.74) is 2.11. The topological polar surface area (TPSA) is 67.9 Å². The quantitative estimate of drug-likeness (QED) is 0.474. The Morgan fingerprint density at radius 3 is 2.30 bits per heavy atom. The molecule has 30 heavy (non-hydrogen) atoms. The average Bonchev–Trinajstić information content (AvgIpc) is 2.97. The van der Waals surface area contributed by atoms with Gasteiger partial charge in [0, 0.05) is 18.8 Å². The van der Waals surface area contributed by atoms with E-state index >= 15 is 0 Å². The summed E-state index contributed by atoms with van der Waals surface area (Å²) >= 11 is 0. The van der Waals surface area contributed by atoms with E-state index in [2.05, 4.69) is 5.32 Å². The molecule has 0 radical (unpaired) electrons. The third-order valence-corrected chi connectivity index (χ3v) is 4.64. The maximum absolute atomic E-state index is 13.1. The van der Waals surface area contributed by atoms with Crippen LogP contribution in [0.4, 0.5) is 5.69 Å². The highest BCUT2D eigenvalue weighted by molar-refractivity contribution is 6.36. The van der Waals surface area contributed by atoms with Gasteiger partial charge in [0.05, 0.1) is 18.3 Å². The van der Waals surface area contributed by atoms with Gasteiger partial charge in [-0.2, -0.15) is 0 Å². The molecule has 0 atom stereocenters. The molecule has 0 fully saturated rings. The Labute approximate surface area is 177 Å². The standard InChI is InChI=1S/C24H28N2O4/c1-4-29-20-13-11-19(12-14-20)25-22-21(18-9-6-5-7-10-18)23(27)26(24(22)28)15-8-16-30-17(2)3/h5-7,9-14,17,25H,4,8,15-16H2,1-3H3. The Balaban J connectivity index is 1.84. The lowest BCUT2D eigenvalue weighted by atomic mass is 10.0. The van der Waals surface area contributed by atoms with Gasteiger partial charge in [0.15, 0.2) is 0 Å². The van der Waals surface area contributed by atoms with Gasteiger partial charge in [-0.15, -0.1) is 0 Å². The second kappa shape index (κ2) is 10.1. The van der Waals surface area contributed by atoms with Crippen LogP contribution in [0.5, 0.6) is 5.75 Å². The summed E-state index contributed by atoms with van der Waals surface area (Å²) in [7, 11) is 0. The lowest BCUT2D eigenvalue weighted by Crippen LogP contribution is -2.34. The molecule has 0 aromatic heterocycles. The van der Waals surface area contributed by atoms with E-state index < -0.39 is 0 Å². The molecule has 1 aliphatic rings. The fourth-order valence-corrected chi connectivity index (χ4v) is 3.25. The van der Waals surface area contributed by atoms with Gasteiger partial charge >= 0.3 is 0 Å². The van der Waals surface area contributed by atoms with Crippen molar-refractivity contribution in [2.45, 2.75) is 33.3 Å². The molecule has 0 bridgehead atoms. The summed E-state index contributed by atoms with van der Waals surface area (Å²) in [4.78, 5) is 27.5. The highest BCUT2D eigenvalue weighted by atomic mass is 16.5. The molecule has 0 unspecified atom stereocenters. The number of nitrogens with zero attached hydrogens (tertiary/aromatic N) is 1. The van der Waals surface area contributed by atoms with Crippen LogP contribution in [0.15, 0.2) is 60.3 Å². The van der Waals surface area contributed by atoms with E-state index in [9.17, 15) is 9.59 Å². The number of benzene rings is 2. The number of hydrogen-bond donors (Lipinski definition) is 1. The Hall–Kier alpha value is -3.12. The van der Waals surface area contributed by atoms with Crippen LogP contribution in [-0.4, -0.2) is 42.6 Å². The van der Waals surface area contributed by atoms with Gasteiger partial charge in [0.1, 0.15) is 11.4 Å². The van der Waals surface area contributed by atoms with Gasteiger partial charge < -0.3 is 14.8 Å². The summed E-state index contributed by atoms with van der Waals surface area (Å²) in [6.07, 6.45) is 0.707. The molecule has 1 heterocycles. The van der Waals surface area contributed by atoms with Crippen LogP contribution in [-0.2, 0) is 14.3 Å². The normalized spacial score (nSPS) is 14.1. The summed E-state index contributed by atoms with van der Waals surface area (Å²) < 4.78 is 11.0. The average molecular weight is 408 g/mol. The van der Waals surface area contributed by atoms with E-state index in [0.717, 1.165) is 5.75 Å². The van der Waals surface area contributed by atoms with Gasteiger partial charge in [0.25, 0.3) is 11.8 Å². The second-order valence-corrected chi connectivity index (χ2v) is 7.23. The number of imide groups is 1. The molecule has 6 heteroatoms. The minimum absolute atomic E-state index is 0.116. The van der Waals surface area contributed by atoms with Crippen molar-refractivity contribution >= 4 is 23.1 Å². The highest BCUT2D eigenvalue weighted by Gasteiger charge is 2.38. The number of ether oxygens (including phenoxy) is 2. The Morgan fingerprint density at radius 1 is 0.967 bits per heavy atom. The number of rotatable bonds is 10. The number of anilines is 1. The van der Waals surface area contributed by atoms with Crippen molar-refractivity contribution in [3.63, 3.8) is 0 Å². The number of carbonyl (C=O) groups is 2. The highest BCUT2D eigenvalue weighted by Crippen LogP contribution is 2.31. The van der Waals surface area contributed by atoms with E-state index in [-0.39, 0.29) is 17.9 Å². The van der Waals surface area contributed by atoms with E-state index in [4.69, 9.17) is 9.47 Å². The van der Waals surface area contributed by atoms with Crippen molar-refractivity contribution in [2.24, 2.45) is 0 Å². The first-order valence-electron chi connectivity index (χ1n) is 10.3. The molecular weight excluding hydrogens is 380 g/mol. The van der Waals surface area contributed by atoms with Crippen molar-refractivity contribution in [2.75, 3.05) is 25.1 Å². The molecule has 3 rings (SSSR count). The lowest BCUT2D eigenvalue weighted by molar-refractivity contribution is -0.137. The van der Waals surface area contributed by atoms with Gasteiger partial charge in [-0.3, -0.25) is 14.5 Å². The van der Waals surface area contributed by atoms with E-state index in [1.807, 2.05) is 75.4 Å². The lowest BCUT2D eigenvalue weighted by Gasteiger charge is -2.16. The van der Waals surface area contributed by atoms with Crippen LogP contribution < -0.4 is 10.1 Å². The fourth-order valence-electron chi connectivity index (χ4n) is 3.25. The molecular formula is C24H28N2O4. The van der Waals surface area contributed by atoms with Gasteiger partial charge in [0.2, 0.25) is 0 Å². The van der Waals surface area contributed by atoms with Crippen LogP contribution in [0, 0.1) is 0 Å². The van der Waals surface area contributed by atoms with Crippen molar-refractivity contribution in [1.82, 2.24) is 4.90 Å². The van der Waals surface area contributed by atoms with Gasteiger partial charge in [-0.05, 0) is 57.0 Å². The van der Waals surface area contributed by atoms with Gasteiger partial charge in [-0.25, -0.2) is 0 Å². The first-order valence-corrected chi connectivity index (χ1v) is 10.3. The van der Waals surface area contributed by atoms with Crippen LogP contribution in [0.2, 0.25) is 0 Å². The first kappa shape index (κ1) is 21.6. The monoisotopic (exact) mass is 408 g/mol. The van der Waals surface area contributed by atoms with Crippen LogP contribution in [0.25, 0.3) is 5.57 Å². The van der Waals surface area contributed by atoms with Crippen LogP contribution in [0.3, 0.4) is 0 Å².